The maximum atomic E-state index is 12.9. The van der Waals surface area contributed by atoms with E-state index in [0.29, 0.717) is 11.1 Å². The van der Waals surface area contributed by atoms with Crippen molar-refractivity contribution in [1.82, 2.24) is 5.43 Å². The molecule has 3 aromatic rings. The summed E-state index contributed by atoms with van der Waals surface area (Å²) in [5, 5.41) is 3.95. The smallest absolute Gasteiger partial charge is 0.271 e. The van der Waals surface area contributed by atoms with Crippen LogP contribution in [0.5, 0.6) is 0 Å². The fraction of sp³-hybridized carbons (Fsp3) is 0.0909. The van der Waals surface area contributed by atoms with Crippen LogP contribution in [0.4, 0.5) is 10.1 Å². The second kappa shape index (κ2) is 7.41. The first-order chi connectivity index (χ1) is 13.2. The van der Waals surface area contributed by atoms with E-state index in [9.17, 15) is 9.18 Å². The highest BCUT2D eigenvalue weighted by molar-refractivity contribution is 5.95. The minimum atomic E-state index is -0.307. The molecular weight excluding hydrogens is 341 g/mol. The third-order valence-corrected chi connectivity index (χ3v) is 4.56. The van der Waals surface area contributed by atoms with Gasteiger partial charge in [-0.2, -0.15) is 5.10 Å². The quantitative estimate of drug-likeness (QED) is 0.563. The summed E-state index contributed by atoms with van der Waals surface area (Å²) in [6.45, 7) is 1.61. The topological polar surface area (TPSA) is 44.7 Å². The Morgan fingerprint density at radius 2 is 1.70 bits per heavy atom. The fourth-order valence-electron chi connectivity index (χ4n) is 3.14. The summed E-state index contributed by atoms with van der Waals surface area (Å²) in [5.74, 6) is -0.576. The molecule has 4 rings (SSSR count). The van der Waals surface area contributed by atoms with Gasteiger partial charge in [0.1, 0.15) is 5.82 Å². The third kappa shape index (κ3) is 3.87. The molecule has 0 unspecified atom stereocenters. The summed E-state index contributed by atoms with van der Waals surface area (Å²) in [7, 11) is 0. The zero-order chi connectivity index (χ0) is 18.6. The standard InChI is InChI=1S/C22H18FN3O/c23-20-10-6-16(7-11-20)13-24-25-22(27)17-8-9-18-14-26(15-19(18)12-17)21-4-2-1-3-5-21/h1-13H,14-15H2,(H,25,27)/b24-13+. The van der Waals surface area contributed by atoms with Gasteiger partial charge < -0.3 is 4.90 Å². The highest BCUT2D eigenvalue weighted by Crippen LogP contribution is 2.28. The lowest BCUT2D eigenvalue weighted by Crippen LogP contribution is -2.17. The molecule has 0 radical (unpaired) electrons. The van der Waals surface area contributed by atoms with Crippen LogP contribution in [0.3, 0.4) is 0 Å². The molecule has 1 aliphatic heterocycles. The van der Waals surface area contributed by atoms with Gasteiger partial charge in [-0.1, -0.05) is 36.4 Å². The Morgan fingerprint density at radius 3 is 2.48 bits per heavy atom. The number of carbonyl (C=O) groups is 1. The van der Waals surface area contributed by atoms with E-state index in [-0.39, 0.29) is 11.7 Å². The molecule has 0 spiro atoms. The molecule has 4 nitrogen and oxygen atoms in total. The molecule has 1 heterocycles. The molecule has 0 atom stereocenters. The minimum absolute atomic E-state index is 0.269. The van der Waals surface area contributed by atoms with Crippen molar-refractivity contribution in [2.24, 2.45) is 5.10 Å². The number of carbonyl (C=O) groups excluding carboxylic acids is 1. The number of rotatable bonds is 4. The molecule has 0 bridgehead atoms. The van der Waals surface area contributed by atoms with Crippen LogP contribution in [0.1, 0.15) is 27.0 Å². The average Bonchev–Trinajstić information content (AvgIpc) is 3.13. The maximum Gasteiger partial charge on any atom is 0.271 e. The highest BCUT2D eigenvalue weighted by atomic mass is 19.1. The molecule has 0 saturated carbocycles. The zero-order valence-corrected chi connectivity index (χ0v) is 14.6. The normalized spacial score (nSPS) is 13.0. The number of nitrogens with zero attached hydrogens (tertiary/aromatic N) is 2. The van der Waals surface area contributed by atoms with Crippen molar-refractivity contribution < 1.29 is 9.18 Å². The first kappa shape index (κ1) is 17.0. The molecule has 1 N–H and O–H groups in total. The van der Waals surface area contributed by atoms with Crippen molar-refractivity contribution in [3.05, 3.63) is 101 Å². The predicted molar refractivity (Wildman–Crippen MR) is 104 cm³/mol. The van der Waals surface area contributed by atoms with E-state index in [1.807, 2.05) is 36.4 Å². The number of fused-ring (bicyclic) bond motifs is 1. The molecule has 0 aromatic heterocycles. The summed E-state index contributed by atoms with van der Waals surface area (Å²) in [4.78, 5) is 14.6. The second-order valence-electron chi connectivity index (χ2n) is 6.43. The molecule has 0 fully saturated rings. The van der Waals surface area contributed by atoms with Gasteiger partial charge in [0, 0.05) is 24.3 Å². The molecule has 5 heteroatoms. The number of hydrogen-bond acceptors (Lipinski definition) is 3. The van der Waals surface area contributed by atoms with Crippen molar-refractivity contribution in [3.63, 3.8) is 0 Å². The monoisotopic (exact) mass is 359 g/mol. The number of anilines is 1. The number of nitrogens with one attached hydrogen (secondary N) is 1. The van der Waals surface area contributed by atoms with Crippen LogP contribution in [0.15, 0.2) is 77.9 Å². The van der Waals surface area contributed by atoms with Crippen molar-refractivity contribution in [3.8, 4) is 0 Å². The number of hydrazone groups is 1. The minimum Gasteiger partial charge on any atom is -0.363 e. The average molecular weight is 359 g/mol. The number of hydrogen-bond donors (Lipinski definition) is 1. The van der Waals surface area contributed by atoms with E-state index in [2.05, 4.69) is 27.6 Å². The Hall–Kier alpha value is -3.47. The molecule has 134 valence electrons. The van der Waals surface area contributed by atoms with E-state index >= 15 is 0 Å². The molecule has 3 aromatic carbocycles. The van der Waals surface area contributed by atoms with Crippen molar-refractivity contribution >= 4 is 17.8 Å². The molecule has 1 aliphatic rings. The zero-order valence-electron chi connectivity index (χ0n) is 14.6. The van der Waals surface area contributed by atoms with Gasteiger partial charge in [-0.05, 0) is 53.1 Å². The van der Waals surface area contributed by atoms with Crippen LogP contribution < -0.4 is 10.3 Å². The van der Waals surface area contributed by atoms with Crippen molar-refractivity contribution in [1.29, 1.82) is 0 Å². The van der Waals surface area contributed by atoms with Gasteiger partial charge in [-0.25, -0.2) is 9.82 Å². The van der Waals surface area contributed by atoms with Gasteiger partial charge in [0.2, 0.25) is 0 Å². The van der Waals surface area contributed by atoms with Gasteiger partial charge in [0.05, 0.1) is 6.21 Å². The van der Waals surface area contributed by atoms with Crippen LogP contribution in [0.2, 0.25) is 0 Å². The second-order valence-corrected chi connectivity index (χ2v) is 6.43. The van der Waals surface area contributed by atoms with Gasteiger partial charge in [-0.15, -0.1) is 0 Å². The molecule has 0 aliphatic carbocycles. The van der Waals surface area contributed by atoms with E-state index in [0.717, 1.165) is 18.7 Å². The first-order valence-electron chi connectivity index (χ1n) is 8.70. The van der Waals surface area contributed by atoms with E-state index in [4.69, 9.17) is 0 Å². The first-order valence-corrected chi connectivity index (χ1v) is 8.70. The van der Waals surface area contributed by atoms with Crippen LogP contribution in [-0.2, 0) is 13.1 Å². The summed E-state index contributed by atoms with van der Waals surface area (Å²) in [6.07, 6.45) is 1.49. The SMILES string of the molecule is O=C(N/N=C/c1ccc(F)cc1)c1ccc2c(c1)CN(c1ccccc1)C2. The molecule has 1 amide bonds. The van der Waals surface area contributed by atoms with Gasteiger partial charge in [-0.3, -0.25) is 4.79 Å². The largest absolute Gasteiger partial charge is 0.363 e. The number of benzene rings is 3. The highest BCUT2D eigenvalue weighted by Gasteiger charge is 2.20. The number of para-hydroxylation sites is 1. The van der Waals surface area contributed by atoms with Gasteiger partial charge in [0.15, 0.2) is 0 Å². The Balaban J connectivity index is 1.42. The van der Waals surface area contributed by atoms with Crippen LogP contribution in [0, 0.1) is 5.82 Å². The van der Waals surface area contributed by atoms with Crippen molar-refractivity contribution in [2.45, 2.75) is 13.1 Å². The Labute approximate surface area is 157 Å². The van der Waals surface area contributed by atoms with E-state index in [1.165, 1.54) is 29.6 Å². The fourth-order valence-corrected chi connectivity index (χ4v) is 3.14. The lowest BCUT2D eigenvalue weighted by molar-refractivity contribution is 0.0955. The molecule has 27 heavy (non-hydrogen) atoms. The Morgan fingerprint density at radius 1 is 0.963 bits per heavy atom. The summed E-state index contributed by atoms with van der Waals surface area (Å²) >= 11 is 0. The molecule has 0 saturated heterocycles. The van der Waals surface area contributed by atoms with Crippen LogP contribution in [0.25, 0.3) is 0 Å². The summed E-state index contributed by atoms with van der Waals surface area (Å²) < 4.78 is 12.9. The Bertz CT molecular complexity index is 984. The summed E-state index contributed by atoms with van der Waals surface area (Å²) in [5.41, 5.74) is 7.35. The van der Waals surface area contributed by atoms with E-state index in [1.54, 1.807) is 12.1 Å². The summed E-state index contributed by atoms with van der Waals surface area (Å²) in [6, 6.07) is 21.8. The maximum absolute atomic E-state index is 12.9. The lowest BCUT2D eigenvalue weighted by Gasteiger charge is -2.17. The van der Waals surface area contributed by atoms with Gasteiger partial charge in [0.25, 0.3) is 5.91 Å². The third-order valence-electron chi connectivity index (χ3n) is 4.56. The number of halogens is 1. The van der Waals surface area contributed by atoms with Crippen LogP contribution in [-0.4, -0.2) is 12.1 Å². The lowest BCUT2D eigenvalue weighted by atomic mass is 10.1. The Kier molecular flexibility index (Phi) is 4.66. The van der Waals surface area contributed by atoms with Crippen LogP contribution >= 0.6 is 0 Å². The number of amides is 1. The van der Waals surface area contributed by atoms with E-state index < -0.39 is 0 Å². The molecular formula is C22H18FN3O. The van der Waals surface area contributed by atoms with Gasteiger partial charge >= 0.3 is 0 Å². The predicted octanol–water partition coefficient (Wildman–Crippen LogP) is 4.11. The van der Waals surface area contributed by atoms with Crippen molar-refractivity contribution in [2.75, 3.05) is 4.90 Å².